The molecule has 136 valence electrons. The van der Waals surface area contributed by atoms with E-state index < -0.39 is 6.17 Å². The van der Waals surface area contributed by atoms with Gasteiger partial charge in [-0.1, -0.05) is 60.7 Å². The predicted octanol–water partition coefficient (Wildman–Crippen LogP) is 4.50. The maximum Gasteiger partial charge on any atom is 0.296 e. The fourth-order valence-electron chi connectivity index (χ4n) is 3.83. The molecule has 2 heterocycles. The molecule has 0 spiro atoms. The Morgan fingerprint density at radius 2 is 1.64 bits per heavy atom. The third kappa shape index (κ3) is 2.41. The molecule has 5 heteroatoms. The number of fused-ring (bicyclic) bond motifs is 4. The molecule has 0 aliphatic carbocycles. The monoisotopic (exact) mass is 368 g/mol. The van der Waals surface area contributed by atoms with Crippen molar-refractivity contribution >= 4 is 29.0 Å². The number of nitrogens with one attached hydrogen (secondary N) is 1. The highest BCUT2D eigenvalue weighted by Crippen LogP contribution is 2.44. The number of rotatable bonds is 3. The van der Waals surface area contributed by atoms with Crippen LogP contribution in [-0.2, 0) is 4.79 Å². The third-order valence-electron chi connectivity index (χ3n) is 5.05. The Balaban J connectivity index is 1.70. The molecule has 3 aromatic carbocycles. The van der Waals surface area contributed by atoms with Gasteiger partial charge in [-0.25, -0.2) is 0 Å². The minimum atomic E-state index is -0.621. The van der Waals surface area contributed by atoms with E-state index in [0.29, 0.717) is 12.0 Å². The third-order valence-corrected chi connectivity index (χ3v) is 5.05. The number of nitrogens with zero attached hydrogens (tertiary/aromatic N) is 1. The number of benzene rings is 3. The van der Waals surface area contributed by atoms with Crippen molar-refractivity contribution in [3.05, 3.63) is 90.2 Å². The van der Waals surface area contributed by atoms with Crippen molar-refractivity contribution in [2.45, 2.75) is 6.17 Å². The van der Waals surface area contributed by atoms with Gasteiger partial charge >= 0.3 is 0 Å². The van der Waals surface area contributed by atoms with Gasteiger partial charge in [0.15, 0.2) is 5.76 Å². The zero-order chi connectivity index (χ0) is 19.1. The molecule has 0 saturated carbocycles. The molecule has 28 heavy (non-hydrogen) atoms. The average Bonchev–Trinajstić information content (AvgIpc) is 3.18. The van der Waals surface area contributed by atoms with Gasteiger partial charge in [-0.2, -0.15) is 0 Å². The van der Waals surface area contributed by atoms with Gasteiger partial charge in [0.25, 0.3) is 5.91 Å². The van der Waals surface area contributed by atoms with Crippen molar-refractivity contribution < 1.29 is 14.0 Å². The van der Waals surface area contributed by atoms with E-state index in [1.54, 1.807) is 11.0 Å². The van der Waals surface area contributed by atoms with Gasteiger partial charge < -0.3 is 9.73 Å². The highest BCUT2D eigenvalue weighted by atomic mass is 16.3. The minimum Gasteiger partial charge on any atom is -0.451 e. The van der Waals surface area contributed by atoms with Crippen LogP contribution in [0.25, 0.3) is 22.1 Å². The maximum absolute atomic E-state index is 13.5. The molecular weight excluding hydrogens is 352 g/mol. The quantitative estimate of drug-likeness (QED) is 0.542. The zero-order valence-corrected chi connectivity index (χ0v) is 14.8. The largest absolute Gasteiger partial charge is 0.451 e. The Bertz CT molecular complexity index is 1180. The molecule has 0 saturated heterocycles. The number of hydrogen-bond acceptors (Lipinski definition) is 3. The molecule has 0 radical (unpaired) electrons. The summed E-state index contributed by atoms with van der Waals surface area (Å²) in [5.41, 5.74) is 4.16. The van der Waals surface area contributed by atoms with E-state index >= 15 is 0 Å². The number of furan rings is 1. The Hall–Kier alpha value is -3.86. The summed E-state index contributed by atoms with van der Waals surface area (Å²) in [6, 6.07) is 24.7. The highest BCUT2D eigenvalue weighted by molar-refractivity contribution is 6.10. The molecule has 1 atom stereocenters. The first kappa shape index (κ1) is 16.3. The second kappa shape index (κ2) is 6.39. The van der Waals surface area contributed by atoms with Crippen LogP contribution in [0.4, 0.5) is 5.69 Å². The van der Waals surface area contributed by atoms with E-state index in [9.17, 15) is 9.59 Å². The second-order valence-electron chi connectivity index (χ2n) is 6.62. The normalized spacial score (nSPS) is 15.0. The highest BCUT2D eigenvalue weighted by Gasteiger charge is 2.36. The van der Waals surface area contributed by atoms with Crippen LogP contribution >= 0.6 is 0 Å². The van der Waals surface area contributed by atoms with Crippen LogP contribution in [-0.4, -0.2) is 12.3 Å². The maximum atomic E-state index is 13.5. The molecular formula is C23H16N2O3. The van der Waals surface area contributed by atoms with Crippen LogP contribution < -0.4 is 10.2 Å². The van der Waals surface area contributed by atoms with Crippen LogP contribution in [0.3, 0.4) is 0 Å². The van der Waals surface area contributed by atoms with Gasteiger partial charge in [-0.3, -0.25) is 14.5 Å². The first-order chi connectivity index (χ1) is 13.8. The van der Waals surface area contributed by atoms with E-state index in [4.69, 9.17) is 4.42 Å². The van der Waals surface area contributed by atoms with E-state index in [1.807, 2.05) is 72.8 Å². The minimum absolute atomic E-state index is 0.230. The van der Waals surface area contributed by atoms with Crippen LogP contribution in [0.5, 0.6) is 0 Å². The average molecular weight is 368 g/mol. The topological polar surface area (TPSA) is 62.6 Å². The van der Waals surface area contributed by atoms with Gasteiger partial charge in [-0.15, -0.1) is 0 Å². The predicted molar refractivity (Wildman–Crippen MR) is 107 cm³/mol. The Kier molecular flexibility index (Phi) is 3.72. The van der Waals surface area contributed by atoms with Crippen molar-refractivity contribution in [1.29, 1.82) is 0 Å². The molecule has 5 rings (SSSR count). The molecule has 4 aromatic rings. The number of carbonyl (C=O) groups is 2. The van der Waals surface area contributed by atoms with Crippen LogP contribution in [0.1, 0.15) is 22.3 Å². The fraction of sp³-hybridized carbons (Fsp3) is 0.0435. The number of para-hydroxylation sites is 2. The Morgan fingerprint density at radius 1 is 0.929 bits per heavy atom. The molecule has 1 aliphatic rings. The lowest BCUT2D eigenvalue weighted by atomic mass is 9.91. The van der Waals surface area contributed by atoms with Crippen LogP contribution in [0, 0.1) is 0 Å². The van der Waals surface area contributed by atoms with Crippen LogP contribution in [0.2, 0.25) is 0 Å². The summed E-state index contributed by atoms with van der Waals surface area (Å²) in [6.45, 7) is 0. The summed E-state index contributed by atoms with van der Waals surface area (Å²) in [5, 5.41) is 3.66. The van der Waals surface area contributed by atoms with Gasteiger partial charge in [-0.05, 0) is 23.8 Å². The first-order valence-corrected chi connectivity index (χ1v) is 8.98. The van der Waals surface area contributed by atoms with Crippen molar-refractivity contribution in [3.63, 3.8) is 0 Å². The van der Waals surface area contributed by atoms with E-state index in [2.05, 4.69) is 5.32 Å². The van der Waals surface area contributed by atoms with Crippen LogP contribution in [0.15, 0.2) is 83.3 Å². The SMILES string of the molecule is O=CNC1c2ccccc2-c2ccccc2N1C(=O)c1cc2ccccc2o1. The number of carbonyl (C=O) groups excluding carboxylic acids is 2. The lowest BCUT2D eigenvalue weighted by Gasteiger charge is -2.37. The fourth-order valence-corrected chi connectivity index (χ4v) is 3.83. The Labute approximate surface area is 161 Å². The summed E-state index contributed by atoms with van der Waals surface area (Å²) in [4.78, 5) is 26.5. The lowest BCUT2D eigenvalue weighted by Crippen LogP contribution is -2.44. The van der Waals surface area contributed by atoms with Gasteiger partial charge in [0, 0.05) is 16.5 Å². The van der Waals surface area contributed by atoms with Gasteiger partial charge in [0.05, 0.1) is 5.69 Å². The summed E-state index contributed by atoms with van der Waals surface area (Å²) in [6.07, 6.45) is -0.00167. The van der Waals surface area contributed by atoms with E-state index in [-0.39, 0.29) is 11.7 Å². The molecule has 2 amide bonds. The molecule has 1 aliphatic heterocycles. The summed E-state index contributed by atoms with van der Waals surface area (Å²) >= 11 is 0. The zero-order valence-electron chi connectivity index (χ0n) is 14.8. The summed E-state index contributed by atoms with van der Waals surface area (Å²) in [5.74, 6) is -0.0782. The summed E-state index contributed by atoms with van der Waals surface area (Å²) < 4.78 is 5.81. The molecule has 1 N–H and O–H groups in total. The van der Waals surface area contributed by atoms with Crippen molar-refractivity contribution in [1.82, 2.24) is 5.32 Å². The first-order valence-electron chi connectivity index (χ1n) is 8.98. The number of anilines is 1. The van der Waals surface area contributed by atoms with Gasteiger partial charge in [0.1, 0.15) is 11.7 Å². The molecule has 0 fully saturated rings. The molecule has 1 aromatic heterocycles. The number of amides is 2. The molecule has 0 bridgehead atoms. The van der Waals surface area contributed by atoms with Crippen molar-refractivity contribution in [2.75, 3.05) is 4.90 Å². The van der Waals surface area contributed by atoms with Crippen molar-refractivity contribution in [3.8, 4) is 11.1 Å². The van der Waals surface area contributed by atoms with Gasteiger partial charge in [0.2, 0.25) is 6.41 Å². The van der Waals surface area contributed by atoms with Crippen molar-refractivity contribution in [2.24, 2.45) is 0 Å². The molecule has 1 unspecified atom stereocenters. The Morgan fingerprint density at radius 3 is 2.46 bits per heavy atom. The standard InChI is InChI=1S/C23H16N2O3/c26-14-24-22-18-10-3-2-8-16(18)17-9-4-5-11-19(17)25(22)23(27)21-13-15-7-1-6-12-20(15)28-21/h1-14,22H,(H,24,26). The smallest absolute Gasteiger partial charge is 0.296 e. The lowest BCUT2D eigenvalue weighted by molar-refractivity contribution is -0.110. The van der Waals surface area contributed by atoms with E-state index in [0.717, 1.165) is 27.8 Å². The number of hydrogen-bond donors (Lipinski definition) is 1. The molecule has 5 nitrogen and oxygen atoms in total. The van der Waals surface area contributed by atoms with E-state index in [1.165, 1.54) is 0 Å². The summed E-state index contributed by atoms with van der Waals surface area (Å²) in [7, 11) is 0. The second-order valence-corrected chi connectivity index (χ2v) is 6.62.